The average molecular weight is 359 g/mol. The number of imidazole rings is 1. The van der Waals surface area contributed by atoms with Gasteiger partial charge in [0.2, 0.25) is 5.82 Å². The van der Waals surface area contributed by atoms with Crippen LogP contribution < -0.4 is 0 Å². The van der Waals surface area contributed by atoms with Crippen LogP contribution in [0.1, 0.15) is 16.2 Å². The molecule has 1 aromatic carbocycles. The van der Waals surface area contributed by atoms with E-state index in [2.05, 4.69) is 20.9 Å². The van der Waals surface area contributed by atoms with Crippen molar-refractivity contribution in [2.24, 2.45) is 0 Å². The Morgan fingerprint density at radius 3 is 2.80 bits per heavy atom. The summed E-state index contributed by atoms with van der Waals surface area (Å²) in [6, 6.07) is 6.54. The van der Waals surface area contributed by atoms with Gasteiger partial charge in [-0.2, -0.15) is 0 Å². The Kier molecular flexibility index (Phi) is 4.20. The van der Waals surface area contributed by atoms with E-state index >= 15 is 0 Å². The molecule has 0 spiro atoms. The molecule has 1 aromatic heterocycles. The number of ketones is 1. The number of hydrogen-bond donors (Lipinski definition) is 0. The fraction of sp³-hybridized carbons (Fsp3) is 0.167. The van der Waals surface area contributed by atoms with E-state index in [4.69, 9.17) is 11.6 Å². The lowest BCUT2D eigenvalue weighted by Gasteiger charge is -2.04. The highest BCUT2D eigenvalue weighted by atomic mass is 79.9. The van der Waals surface area contributed by atoms with Gasteiger partial charge in [-0.25, -0.2) is 0 Å². The lowest BCUT2D eigenvalue weighted by Crippen LogP contribution is -2.12. The molecule has 0 unspecified atom stereocenters. The number of nitrogens with zero attached hydrogens (tertiary/aromatic N) is 3. The molecular weight excluding hydrogens is 350 g/mol. The van der Waals surface area contributed by atoms with Crippen molar-refractivity contribution in [2.75, 3.05) is 0 Å². The number of benzene rings is 1. The van der Waals surface area contributed by atoms with Gasteiger partial charge in [0.25, 0.3) is 0 Å². The summed E-state index contributed by atoms with van der Waals surface area (Å²) in [5.74, 6) is -0.121. The molecular formula is C12H9BrClN3O3. The number of halogens is 2. The highest BCUT2D eigenvalue weighted by Crippen LogP contribution is 2.25. The average Bonchev–Trinajstić information content (AvgIpc) is 2.67. The number of carbonyl (C=O) groups excluding carboxylic acids is 1. The summed E-state index contributed by atoms with van der Waals surface area (Å²) in [5.41, 5.74) is 0.445. The second-order valence-electron chi connectivity index (χ2n) is 4.05. The van der Waals surface area contributed by atoms with E-state index in [9.17, 15) is 14.9 Å². The van der Waals surface area contributed by atoms with Gasteiger partial charge in [0, 0.05) is 17.5 Å². The monoisotopic (exact) mass is 357 g/mol. The first-order valence-electron chi connectivity index (χ1n) is 5.56. The zero-order valence-electron chi connectivity index (χ0n) is 10.3. The highest BCUT2D eigenvalue weighted by Gasteiger charge is 2.24. The van der Waals surface area contributed by atoms with Crippen molar-refractivity contribution >= 4 is 39.1 Å². The highest BCUT2D eigenvalue weighted by molar-refractivity contribution is 9.10. The number of rotatable bonds is 4. The van der Waals surface area contributed by atoms with Crippen LogP contribution in [-0.2, 0) is 6.54 Å². The third-order valence-electron chi connectivity index (χ3n) is 2.70. The zero-order chi connectivity index (χ0) is 14.9. The number of aromatic nitrogens is 2. The first-order valence-corrected chi connectivity index (χ1v) is 6.73. The van der Waals surface area contributed by atoms with Crippen molar-refractivity contribution in [1.82, 2.24) is 9.55 Å². The topological polar surface area (TPSA) is 78.0 Å². The van der Waals surface area contributed by atoms with E-state index in [1.165, 1.54) is 4.57 Å². The summed E-state index contributed by atoms with van der Waals surface area (Å²) in [5, 5.41) is 11.2. The minimum absolute atomic E-state index is 0.0480. The Balaban J connectivity index is 2.31. The molecule has 0 saturated heterocycles. The van der Waals surface area contributed by atoms with Gasteiger partial charge in [0.1, 0.15) is 0 Å². The van der Waals surface area contributed by atoms with Gasteiger partial charge >= 0.3 is 5.82 Å². The maximum atomic E-state index is 12.2. The lowest BCUT2D eigenvalue weighted by atomic mass is 10.1. The van der Waals surface area contributed by atoms with Gasteiger partial charge in [-0.15, -0.1) is 0 Å². The van der Waals surface area contributed by atoms with Crippen molar-refractivity contribution in [3.63, 3.8) is 0 Å². The smallest absolute Gasteiger partial charge is 0.358 e. The van der Waals surface area contributed by atoms with Crippen molar-refractivity contribution in [3.8, 4) is 0 Å². The molecule has 20 heavy (non-hydrogen) atoms. The molecule has 0 amide bonds. The molecule has 6 nitrogen and oxygen atoms in total. The molecule has 0 saturated carbocycles. The first-order chi connectivity index (χ1) is 9.40. The van der Waals surface area contributed by atoms with Gasteiger partial charge in [-0.3, -0.25) is 9.36 Å². The third kappa shape index (κ3) is 2.88. The van der Waals surface area contributed by atoms with Crippen LogP contribution in [0.3, 0.4) is 0 Å². The molecule has 0 N–H and O–H groups in total. The summed E-state index contributed by atoms with van der Waals surface area (Å²) >= 11 is 8.93. The summed E-state index contributed by atoms with van der Waals surface area (Å²) in [6.07, 6.45) is 0. The maximum Gasteiger partial charge on any atom is 0.396 e. The number of carbonyl (C=O) groups is 1. The van der Waals surface area contributed by atoms with E-state index in [0.717, 1.165) is 0 Å². The quantitative estimate of drug-likeness (QED) is 0.477. The Morgan fingerprint density at radius 1 is 1.55 bits per heavy atom. The second-order valence-corrected chi connectivity index (χ2v) is 5.24. The summed E-state index contributed by atoms with van der Waals surface area (Å²) in [4.78, 5) is 26.1. The predicted molar refractivity (Wildman–Crippen MR) is 77.1 cm³/mol. The summed E-state index contributed by atoms with van der Waals surface area (Å²) in [6.45, 7) is 1.55. The molecule has 8 heteroatoms. The first kappa shape index (κ1) is 14.7. The van der Waals surface area contributed by atoms with E-state index in [-0.39, 0.29) is 22.7 Å². The molecule has 1 heterocycles. The number of hydrogen-bond acceptors (Lipinski definition) is 4. The van der Waals surface area contributed by atoms with Crippen molar-refractivity contribution < 1.29 is 9.72 Å². The van der Waals surface area contributed by atoms with Gasteiger partial charge in [-0.05, 0) is 38.0 Å². The van der Waals surface area contributed by atoms with Crippen molar-refractivity contribution in [1.29, 1.82) is 0 Å². The van der Waals surface area contributed by atoms with E-state index in [1.807, 2.05) is 0 Å². The third-order valence-corrected chi connectivity index (χ3v) is 3.72. The molecule has 0 aliphatic heterocycles. The number of aryl methyl sites for hydroxylation is 1. The molecule has 2 rings (SSSR count). The Hall–Kier alpha value is -1.73. The number of nitro groups is 1. The Bertz CT molecular complexity index is 699. The van der Waals surface area contributed by atoms with Crippen LogP contribution in [0.2, 0.25) is 5.02 Å². The van der Waals surface area contributed by atoms with E-state index in [1.54, 1.807) is 31.2 Å². The fourth-order valence-electron chi connectivity index (χ4n) is 1.72. The number of Topliss-reactive ketones (excluding diaryl/α,β-unsaturated/α-hetero) is 1. The molecule has 0 bridgehead atoms. The molecule has 104 valence electrons. The van der Waals surface area contributed by atoms with Gasteiger partial charge < -0.3 is 10.1 Å². The second kappa shape index (κ2) is 5.72. The van der Waals surface area contributed by atoms with E-state index < -0.39 is 4.92 Å². The van der Waals surface area contributed by atoms with Crippen LogP contribution in [0, 0.1) is 17.0 Å². The standard InChI is InChI=1S/C12H9BrClN3O3/c1-7-15-12(17(19)20)11(13)16(7)6-10(18)8-3-2-4-9(14)5-8/h2-5H,6H2,1H3. The van der Waals surface area contributed by atoms with Gasteiger partial charge in [-0.1, -0.05) is 23.7 Å². The van der Waals surface area contributed by atoms with Crippen LogP contribution in [0.5, 0.6) is 0 Å². The van der Waals surface area contributed by atoms with Crippen LogP contribution >= 0.6 is 27.5 Å². The minimum Gasteiger partial charge on any atom is -0.358 e. The van der Waals surface area contributed by atoms with Crippen molar-refractivity contribution in [3.05, 3.63) is 55.4 Å². The molecule has 0 aliphatic carbocycles. The molecule has 0 aliphatic rings. The van der Waals surface area contributed by atoms with Gasteiger partial charge in [0.15, 0.2) is 10.4 Å². The molecule has 0 radical (unpaired) electrons. The van der Waals surface area contributed by atoms with Crippen molar-refractivity contribution in [2.45, 2.75) is 13.5 Å². The lowest BCUT2D eigenvalue weighted by molar-refractivity contribution is -0.390. The van der Waals surface area contributed by atoms with E-state index in [0.29, 0.717) is 16.4 Å². The molecule has 0 fully saturated rings. The predicted octanol–water partition coefficient (Wildman–Crippen LogP) is 3.40. The Morgan fingerprint density at radius 2 is 2.25 bits per heavy atom. The van der Waals surface area contributed by atoms with Crippen LogP contribution in [0.15, 0.2) is 28.9 Å². The summed E-state index contributed by atoms with van der Waals surface area (Å²) < 4.78 is 1.62. The molecule has 0 atom stereocenters. The minimum atomic E-state index is -0.600. The fourth-order valence-corrected chi connectivity index (χ4v) is 2.53. The van der Waals surface area contributed by atoms with Crippen LogP contribution in [-0.4, -0.2) is 20.3 Å². The largest absolute Gasteiger partial charge is 0.396 e. The summed E-state index contributed by atoms with van der Waals surface area (Å²) in [7, 11) is 0. The van der Waals surface area contributed by atoms with Crippen LogP contribution in [0.4, 0.5) is 5.82 Å². The van der Waals surface area contributed by atoms with Gasteiger partial charge in [0.05, 0.1) is 6.54 Å². The maximum absolute atomic E-state index is 12.2. The SMILES string of the molecule is Cc1nc([N+](=O)[O-])c(Br)n1CC(=O)c1cccc(Cl)c1. The zero-order valence-corrected chi connectivity index (χ0v) is 12.7. The Labute approximate surface area is 127 Å². The normalized spacial score (nSPS) is 10.6. The molecule has 2 aromatic rings. The van der Waals surface area contributed by atoms with Crippen LogP contribution in [0.25, 0.3) is 0 Å².